The van der Waals surface area contributed by atoms with Gasteiger partial charge in [-0.3, -0.25) is 14.4 Å². The lowest BCUT2D eigenvalue weighted by Gasteiger charge is -2.18. The first kappa shape index (κ1) is 74.5. The monoisotopic (exact) mass is 1090 g/mol. The molecule has 0 saturated carbocycles. The maximum atomic E-state index is 12.9. The maximum absolute atomic E-state index is 12.9. The molecule has 0 aliphatic heterocycles. The molecule has 1 unspecified atom stereocenters. The molecule has 6 heteroatoms. The summed E-state index contributed by atoms with van der Waals surface area (Å²) in [7, 11) is 0. The highest BCUT2D eigenvalue weighted by atomic mass is 16.6. The van der Waals surface area contributed by atoms with Crippen LogP contribution in [0.3, 0.4) is 0 Å². The van der Waals surface area contributed by atoms with Crippen molar-refractivity contribution in [1.29, 1.82) is 0 Å². The van der Waals surface area contributed by atoms with E-state index in [0.717, 1.165) is 135 Å². The van der Waals surface area contributed by atoms with Gasteiger partial charge in [-0.25, -0.2) is 0 Å². The summed E-state index contributed by atoms with van der Waals surface area (Å²) in [6.07, 6.45) is 93.4. The van der Waals surface area contributed by atoms with E-state index in [-0.39, 0.29) is 31.1 Å². The number of carbonyl (C=O) groups is 3. The number of ether oxygens (including phenoxy) is 3. The van der Waals surface area contributed by atoms with E-state index in [1.165, 1.54) is 116 Å². The molecule has 448 valence electrons. The quantitative estimate of drug-likeness (QED) is 0.0261. The number of carbonyl (C=O) groups excluding carboxylic acids is 3. The molecule has 0 fully saturated rings. The molecule has 0 aromatic heterocycles. The van der Waals surface area contributed by atoms with Crippen LogP contribution in [0.2, 0.25) is 0 Å². The Hall–Kier alpha value is -4.45. The normalized spacial score (nSPS) is 13.0. The molecular formula is C73H120O6. The van der Waals surface area contributed by atoms with Crippen molar-refractivity contribution < 1.29 is 28.6 Å². The van der Waals surface area contributed by atoms with E-state index < -0.39 is 6.10 Å². The van der Waals surface area contributed by atoms with E-state index in [4.69, 9.17) is 14.2 Å². The van der Waals surface area contributed by atoms with E-state index >= 15 is 0 Å². The lowest BCUT2D eigenvalue weighted by Crippen LogP contribution is -2.30. The number of unbranched alkanes of at least 4 members (excludes halogenated alkanes) is 25. The third-order valence-corrected chi connectivity index (χ3v) is 13.7. The lowest BCUT2D eigenvalue weighted by atomic mass is 10.0. The van der Waals surface area contributed by atoms with Gasteiger partial charge >= 0.3 is 17.9 Å². The Morgan fingerprint density at radius 2 is 0.494 bits per heavy atom. The molecule has 0 radical (unpaired) electrons. The Labute approximate surface area is 487 Å². The number of allylic oxidation sites excluding steroid dienone is 22. The molecule has 0 aliphatic carbocycles. The van der Waals surface area contributed by atoms with Crippen molar-refractivity contribution in [3.63, 3.8) is 0 Å². The summed E-state index contributed by atoms with van der Waals surface area (Å²) in [5.74, 6) is -0.901. The Kier molecular flexibility index (Phi) is 62.3. The number of hydrogen-bond donors (Lipinski definition) is 0. The molecule has 6 nitrogen and oxygen atoms in total. The summed E-state index contributed by atoms with van der Waals surface area (Å²) < 4.78 is 16.8. The van der Waals surface area contributed by atoms with Gasteiger partial charge in [0, 0.05) is 19.3 Å². The minimum atomic E-state index is -0.786. The standard InChI is InChI=1S/C73H120O6/c1-4-7-10-13-16-18-20-22-24-26-28-30-32-33-34-35-36-37-38-39-41-42-44-46-48-50-52-54-57-60-63-66-72(75)78-69-70(68-77-71(74)65-62-59-56-15-12-9-6-3)79-73(76)67-64-61-58-55-53-51-49-47-45-43-40-31-29-27-25-23-21-19-17-14-11-8-5-2/h7-8,10-11,16-19,22-25,28-31,33-34,36-37,43,45,70H,4-6,9,12-15,20-21,26-27,32,35,38-42,44,46-69H2,1-3H3/b10-7-,11-8-,18-16-,19-17-,24-22-,25-23-,30-28-,31-29-,34-33-,37-36-,45-43-. The van der Waals surface area contributed by atoms with Crippen molar-refractivity contribution in [3.05, 3.63) is 134 Å². The Morgan fingerprint density at radius 3 is 0.772 bits per heavy atom. The summed E-state index contributed by atoms with van der Waals surface area (Å²) in [5, 5.41) is 0. The van der Waals surface area contributed by atoms with Crippen LogP contribution in [-0.4, -0.2) is 37.2 Å². The fourth-order valence-electron chi connectivity index (χ4n) is 8.83. The SMILES string of the molecule is CC/C=C\C/C=C\C/C=C\C/C=C\C/C=C\C/C=C\CCCCCCCCCCCCCCC(=O)OCC(COC(=O)CCCCCCCCC)OC(=O)CCCCCCCCC/C=C\C/C=C\C/C=C\C/C=C\C/C=C\CC. The van der Waals surface area contributed by atoms with Gasteiger partial charge in [0.1, 0.15) is 13.2 Å². The fourth-order valence-corrected chi connectivity index (χ4v) is 8.83. The van der Waals surface area contributed by atoms with Gasteiger partial charge in [0.05, 0.1) is 0 Å². The molecule has 0 bridgehead atoms. The van der Waals surface area contributed by atoms with E-state index in [0.29, 0.717) is 19.3 Å². The minimum absolute atomic E-state index is 0.0843. The maximum Gasteiger partial charge on any atom is 0.306 e. The second kappa shape index (κ2) is 66.1. The van der Waals surface area contributed by atoms with E-state index in [1.54, 1.807) is 0 Å². The van der Waals surface area contributed by atoms with Gasteiger partial charge in [-0.1, -0.05) is 289 Å². The van der Waals surface area contributed by atoms with Crippen LogP contribution in [0.15, 0.2) is 134 Å². The highest BCUT2D eigenvalue weighted by Crippen LogP contribution is 2.16. The van der Waals surface area contributed by atoms with Crippen molar-refractivity contribution in [1.82, 2.24) is 0 Å². The Bertz CT molecular complexity index is 1680. The molecule has 0 aliphatic rings. The van der Waals surface area contributed by atoms with Gasteiger partial charge in [0.25, 0.3) is 0 Å². The molecule has 0 rings (SSSR count). The molecule has 0 amide bonds. The molecule has 0 saturated heterocycles. The summed E-state index contributed by atoms with van der Waals surface area (Å²) >= 11 is 0. The fraction of sp³-hybridized carbons (Fsp3) is 0.658. The van der Waals surface area contributed by atoms with Gasteiger partial charge in [-0.2, -0.15) is 0 Å². The van der Waals surface area contributed by atoms with Gasteiger partial charge in [-0.15, -0.1) is 0 Å². The summed E-state index contributed by atoms with van der Waals surface area (Å²) in [6.45, 7) is 6.37. The summed E-state index contributed by atoms with van der Waals surface area (Å²) in [4.78, 5) is 38.1. The van der Waals surface area contributed by atoms with Crippen LogP contribution in [0, 0.1) is 0 Å². The molecule has 0 aromatic carbocycles. The number of esters is 3. The largest absolute Gasteiger partial charge is 0.462 e. The van der Waals surface area contributed by atoms with Gasteiger partial charge in [-0.05, 0) is 116 Å². The summed E-state index contributed by atoms with van der Waals surface area (Å²) in [6, 6.07) is 0. The summed E-state index contributed by atoms with van der Waals surface area (Å²) in [5.41, 5.74) is 0. The lowest BCUT2D eigenvalue weighted by molar-refractivity contribution is -0.167. The van der Waals surface area contributed by atoms with Crippen LogP contribution in [0.4, 0.5) is 0 Å². The minimum Gasteiger partial charge on any atom is -0.462 e. The second-order valence-corrected chi connectivity index (χ2v) is 21.3. The molecule has 0 aromatic rings. The highest BCUT2D eigenvalue weighted by molar-refractivity contribution is 5.71. The smallest absolute Gasteiger partial charge is 0.306 e. The first-order valence-corrected chi connectivity index (χ1v) is 32.7. The van der Waals surface area contributed by atoms with E-state index in [2.05, 4.69) is 154 Å². The molecule has 0 heterocycles. The number of rotatable bonds is 58. The van der Waals surface area contributed by atoms with Crippen LogP contribution in [0.25, 0.3) is 0 Å². The van der Waals surface area contributed by atoms with Crippen LogP contribution < -0.4 is 0 Å². The zero-order chi connectivity index (χ0) is 57.1. The Morgan fingerprint density at radius 1 is 0.266 bits per heavy atom. The molecule has 0 N–H and O–H groups in total. The van der Waals surface area contributed by atoms with E-state index in [1.807, 2.05) is 0 Å². The van der Waals surface area contributed by atoms with Crippen molar-refractivity contribution in [2.45, 2.75) is 297 Å². The van der Waals surface area contributed by atoms with Crippen molar-refractivity contribution >= 4 is 17.9 Å². The average molecular weight is 1090 g/mol. The van der Waals surface area contributed by atoms with Gasteiger partial charge in [0.15, 0.2) is 6.10 Å². The third kappa shape index (κ3) is 64.3. The first-order chi connectivity index (χ1) is 39.0. The second-order valence-electron chi connectivity index (χ2n) is 21.3. The zero-order valence-corrected chi connectivity index (χ0v) is 51.3. The first-order valence-electron chi connectivity index (χ1n) is 32.7. The van der Waals surface area contributed by atoms with E-state index in [9.17, 15) is 14.4 Å². The van der Waals surface area contributed by atoms with Crippen LogP contribution in [0.1, 0.15) is 290 Å². The Balaban J connectivity index is 4.15. The van der Waals surface area contributed by atoms with Crippen molar-refractivity contribution in [3.8, 4) is 0 Å². The molecular weight excluding hydrogens is 973 g/mol. The topological polar surface area (TPSA) is 78.9 Å². The zero-order valence-electron chi connectivity index (χ0n) is 51.3. The molecule has 0 spiro atoms. The predicted octanol–water partition coefficient (Wildman–Crippen LogP) is 22.5. The highest BCUT2D eigenvalue weighted by Gasteiger charge is 2.19. The van der Waals surface area contributed by atoms with Crippen LogP contribution in [0.5, 0.6) is 0 Å². The van der Waals surface area contributed by atoms with Gasteiger partial charge < -0.3 is 14.2 Å². The van der Waals surface area contributed by atoms with Crippen LogP contribution in [-0.2, 0) is 28.6 Å². The predicted molar refractivity (Wildman–Crippen MR) is 343 cm³/mol. The van der Waals surface area contributed by atoms with Crippen molar-refractivity contribution in [2.24, 2.45) is 0 Å². The third-order valence-electron chi connectivity index (χ3n) is 13.7. The average Bonchev–Trinajstić information content (AvgIpc) is 3.45. The van der Waals surface area contributed by atoms with Crippen molar-refractivity contribution in [2.75, 3.05) is 13.2 Å². The van der Waals surface area contributed by atoms with Crippen LogP contribution >= 0.6 is 0 Å². The van der Waals surface area contributed by atoms with Gasteiger partial charge in [0.2, 0.25) is 0 Å². The molecule has 1 atom stereocenters. The number of hydrogen-bond acceptors (Lipinski definition) is 6. The molecule has 79 heavy (non-hydrogen) atoms.